The summed E-state index contributed by atoms with van der Waals surface area (Å²) in [6, 6.07) is 5.59. The predicted octanol–water partition coefficient (Wildman–Crippen LogP) is 5.64. The lowest BCUT2D eigenvalue weighted by molar-refractivity contribution is -0.150. The molecule has 14 heteroatoms. The van der Waals surface area contributed by atoms with E-state index in [9.17, 15) is 0 Å². The predicted molar refractivity (Wildman–Crippen MR) is 271 cm³/mol. The standard InChI is InChI=1S/C55H75N9O5/c1-6-59-44-27-38-14-9-13-37-12-7-8-21-52(3,30-36-17-18-45(56)62-32-36)31-39-15-10-16-42-47(39)49(66)55(50(67)68-33-40(44)26-43(37)38)54(69-55,48(42)65)23-19-35(2)29-53(22-11-24-61-51(58-5)64-53)41-20-25-60-46(28-41)63-34-57-4/h9-10,14-20,27-28,32,37,40,43-45,57,59-60,62-63H,6-8,11-13,21-26,29-31,33-34,56H2,1-5H3,(H2,58,61,64). The topological polar surface area (TPSA) is 196 Å². The SMILES string of the molecule is CCNC1C=C2C=CCC3CCCCC(C)(CC4=CNC(N)C=C4)Cc4cccc5c4C(=O)C4(OC4(CC=C(C)CC4(C6=CCNC(NCNC)=C6)CCCNC(=NC)N4)C5=O)C(=O)OCC1CC23. The number of epoxide rings is 1. The minimum atomic E-state index is -2.11. The van der Waals surface area contributed by atoms with Gasteiger partial charge in [-0.2, -0.15) is 0 Å². The lowest BCUT2D eigenvalue weighted by Gasteiger charge is -2.40. The number of allylic oxidation sites excluding steroid dienone is 5. The Bertz CT molecular complexity index is 2430. The zero-order valence-electron chi connectivity index (χ0n) is 41.4. The van der Waals surface area contributed by atoms with Crippen LogP contribution in [0.4, 0.5) is 0 Å². The highest BCUT2D eigenvalue weighted by Gasteiger charge is 2.85. The molecule has 0 amide bonds. The molecule has 14 nitrogen and oxygen atoms in total. The number of nitrogens with zero attached hydrogens (tertiary/aromatic N) is 1. The Morgan fingerprint density at radius 3 is 2.74 bits per heavy atom. The summed E-state index contributed by atoms with van der Waals surface area (Å²) in [4.78, 5) is 50.7. The molecule has 1 aromatic rings. The molecule has 9 unspecified atom stereocenters. The highest BCUT2D eigenvalue weighted by molar-refractivity contribution is 6.33. The summed E-state index contributed by atoms with van der Waals surface area (Å²) in [7, 11) is 3.68. The Hall–Kier alpha value is -5.28. The second-order valence-electron chi connectivity index (χ2n) is 21.2. The molecule has 1 spiro atoms. The van der Waals surface area contributed by atoms with E-state index >= 15 is 14.4 Å². The number of ketones is 2. The van der Waals surface area contributed by atoms with E-state index in [1.54, 1.807) is 13.1 Å². The van der Waals surface area contributed by atoms with Crippen molar-refractivity contribution in [3.05, 3.63) is 118 Å². The van der Waals surface area contributed by atoms with Crippen molar-refractivity contribution in [1.82, 2.24) is 37.2 Å². The van der Waals surface area contributed by atoms with Gasteiger partial charge in [-0.1, -0.05) is 86.9 Å². The van der Waals surface area contributed by atoms with Gasteiger partial charge in [-0.05, 0) is 130 Å². The van der Waals surface area contributed by atoms with Crippen LogP contribution in [0.5, 0.6) is 0 Å². The second kappa shape index (κ2) is 20.2. The summed E-state index contributed by atoms with van der Waals surface area (Å²) in [5.74, 6) is 0.870. The maximum absolute atomic E-state index is 15.6. The number of ether oxygens (including phenoxy) is 2. The van der Waals surface area contributed by atoms with Gasteiger partial charge in [-0.15, -0.1) is 0 Å². The fourth-order valence-electron chi connectivity index (χ4n) is 12.7. The van der Waals surface area contributed by atoms with Gasteiger partial charge in [0.15, 0.2) is 17.3 Å². The quantitative estimate of drug-likeness (QED) is 0.0423. The van der Waals surface area contributed by atoms with Crippen molar-refractivity contribution >= 4 is 23.5 Å². The summed E-state index contributed by atoms with van der Waals surface area (Å²) < 4.78 is 13.0. The van der Waals surface area contributed by atoms with Gasteiger partial charge < -0.3 is 52.4 Å². The molecule has 0 radical (unpaired) electrons. The second-order valence-corrected chi connectivity index (χ2v) is 21.2. The molecule has 5 aliphatic heterocycles. The molecule has 0 aromatic heterocycles. The number of nitrogens with two attached hydrogens (primary N) is 1. The molecule has 2 saturated heterocycles. The molecular formula is C55H75N9O5. The van der Waals surface area contributed by atoms with Crippen molar-refractivity contribution in [2.45, 2.75) is 127 Å². The van der Waals surface area contributed by atoms with Crippen molar-refractivity contribution in [2.75, 3.05) is 47.0 Å². The fourth-order valence-corrected chi connectivity index (χ4v) is 12.7. The number of likely N-dealkylation sites (N-methyl/N-ethyl adjacent to an activating group) is 1. The van der Waals surface area contributed by atoms with E-state index in [4.69, 9.17) is 15.2 Å². The summed E-state index contributed by atoms with van der Waals surface area (Å²) in [5.41, 5.74) is 7.44. The smallest absolute Gasteiger partial charge is 0.350 e. The Morgan fingerprint density at radius 2 is 1.94 bits per heavy atom. The molecule has 5 heterocycles. The highest BCUT2D eigenvalue weighted by Crippen LogP contribution is 2.59. The van der Waals surface area contributed by atoms with Gasteiger partial charge in [0.25, 0.3) is 5.60 Å². The van der Waals surface area contributed by atoms with Crippen LogP contribution < -0.4 is 43.0 Å². The van der Waals surface area contributed by atoms with E-state index in [-0.39, 0.29) is 47.9 Å². The van der Waals surface area contributed by atoms with E-state index in [1.165, 1.54) is 5.57 Å². The number of hydrogen-bond donors (Lipinski definition) is 8. The number of Topliss-reactive ketones (excluding diaryl/α,β-unsaturated/α-hetero) is 2. The van der Waals surface area contributed by atoms with E-state index in [2.05, 4.69) is 99.4 Å². The van der Waals surface area contributed by atoms with Crippen molar-refractivity contribution in [2.24, 2.45) is 33.9 Å². The number of guanidine groups is 1. The van der Waals surface area contributed by atoms with Gasteiger partial charge in [0, 0.05) is 55.8 Å². The summed E-state index contributed by atoms with van der Waals surface area (Å²) in [6.07, 6.45) is 28.8. The molecule has 9 atom stereocenters. The van der Waals surface area contributed by atoms with Crippen LogP contribution in [0, 0.1) is 23.2 Å². The third-order valence-electron chi connectivity index (χ3n) is 16.2. The van der Waals surface area contributed by atoms with Gasteiger partial charge in [-0.25, -0.2) is 4.79 Å². The molecular weight excluding hydrogens is 867 g/mol. The molecule has 69 heavy (non-hydrogen) atoms. The average Bonchev–Trinajstić information content (AvgIpc) is 4.10. The van der Waals surface area contributed by atoms with Crippen LogP contribution in [-0.2, 0) is 20.7 Å². The molecule has 1 aromatic carbocycles. The maximum atomic E-state index is 15.6. The van der Waals surface area contributed by atoms with Crippen LogP contribution in [0.2, 0.25) is 0 Å². The summed E-state index contributed by atoms with van der Waals surface area (Å²) in [5, 5.41) is 24.2. The molecule has 9 N–H and O–H groups in total. The first-order valence-corrected chi connectivity index (χ1v) is 25.6. The summed E-state index contributed by atoms with van der Waals surface area (Å²) >= 11 is 0. The largest absolute Gasteiger partial charge is 0.463 e. The number of hydrogen-bond acceptors (Lipinski definition) is 12. The molecule has 8 aliphatic rings. The first-order valence-electron chi connectivity index (χ1n) is 25.6. The Balaban J connectivity index is 1.09. The minimum absolute atomic E-state index is 0.00475. The van der Waals surface area contributed by atoms with Gasteiger partial charge in [0.2, 0.25) is 5.78 Å². The maximum Gasteiger partial charge on any atom is 0.350 e. The van der Waals surface area contributed by atoms with Gasteiger partial charge >= 0.3 is 5.97 Å². The lowest BCUT2D eigenvalue weighted by atomic mass is 9.67. The van der Waals surface area contributed by atoms with Gasteiger partial charge in [0.05, 0.1) is 25.0 Å². The normalized spacial score (nSPS) is 35.0. The van der Waals surface area contributed by atoms with Crippen molar-refractivity contribution in [3.63, 3.8) is 0 Å². The van der Waals surface area contributed by atoms with E-state index in [1.807, 2.05) is 37.5 Å². The van der Waals surface area contributed by atoms with Crippen LogP contribution in [0.25, 0.3) is 0 Å². The molecule has 3 aliphatic carbocycles. The van der Waals surface area contributed by atoms with Crippen molar-refractivity contribution < 1.29 is 23.9 Å². The average molecular weight is 942 g/mol. The van der Waals surface area contributed by atoms with Crippen LogP contribution in [0.1, 0.15) is 118 Å². The highest BCUT2D eigenvalue weighted by atomic mass is 16.7. The number of carbonyl (C=O) groups is 3. The third kappa shape index (κ3) is 9.54. The first-order chi connectivity index (χ1) is 33.4. The number of esters is 1. The van der Waals surface area contributed by atoms with Crippen LogP contribution >= 0.6 is 0 Å². The Kier molecular flexibility index (Phi) is 14.3. The van der Waals surface area contributed by atoms with Gasteiger partial charge in [-0.3, -0.25) is 14.6 Å². The number of cyclic esters (lactones) is 1. The number of carbonyl (C=O) groups excluding carboxylic acids is 3. The van der Waals surface area contributed by atoms with Crippen molar-refractivity contribution in [3.8, 4) is 0 Å². The van der Waals surface area contributed by atoms with Crippen LogP contribution in [0.15, 0.2) is 106 Å². The van der Waals surface area contributed by atoms with Crippen LogP contribution in [0.3, 0.4) is 0 Å². The van der Waals surface area contributed by atoms with E-state index in [0.29, 0.717) is 49.4 Å². The minimum Gasteiger partial charge on any atom is -0.463 e. The molecule has 4 bridgehead atoms. The monoisotopic (exact) mass is 942 g/mol. The Labute approximate surface area is 408 Å². The van der Waals surface area contributed by atoms with Crippen molar-refractivity contribution in [1.29, 1.82) is 0 Å². The fraction of sp³-hybridized carbons (Fsp3) is 0.564. The zero-order chi connectivity index (χ0) is 48.4. The number of fused-ring (bicyclic) bond motifs is 1. The number of rotatable bonds is 12. The number of benzene rings is 1. The molecule has 370 valence electrons. The van der Waals surface area contributed by atoms with Gasteiger partial charge in [0.1, 0.15) is 5.82 Å². The Morgan fingerprint density at radius 1 is 1.07 bits per heavy atom. The number of nitrogens with one attached hydrogen (secondary N) is 7. The number of dihydropyridines is 2. The number of aliphatic imine (C=N–C) groups is 1. The molecule has 9 rings (SSSR count). The molecule has 2 fully saturated rings. The lowest BCUT2D eigenvalue weighted by Crippen LogP contribution is -2.53. The van der Waals surface area contributed by atoms with Crippen LogP contribution in [-0.4, -0.2) is 99.4 Å². The van der Waals surface area contributed by atoms with E-state index < -0.39 is 28.5 Å². The summed E-state index contributed by atoms with van der Waals surface area (Å²) in [6.45, 7) is 9.36. The van der Waals surface area contributed by atoms with E-state index in [0.717, 1.165) is 99.0 Å². The first kappa shape index (κ1) is 48.7. The molecule has 0 saturated carbocycles. The third-order valence-corrected chi connectivity index (χ3v) is 16.2. The zero-order valence-corrected chi connectivity index (χ0v) is 41.4.